The van der Waals surface area contributed by atoms with E-state index in [1.165, 1.54) is 24.5 Å². The number of hydrogen-bond donors (Lipinski definition) is 3. The van der Waals surface area contributed by atoms with Gasteiger partial charge >= 0.3 is 10.3 Å². The normalized spacial score (nSPS) is 25.3. The highest BCUT2D eigenvalue weighted by molar-refractivity contribution is 9.10. The second-order valence-corrected chi connectivity index (χ2v) is 10.7. The summed E-state index contributed by atoms with van der Waals surface area (Å²) in [6.07, 6.45) is 4.51. The molecule has 0 spiro atoms. The van der Waals surface area contributed by atoms with Gasteiger partial charge in [0.2, 0.25) is 0 Å². The topological polar surface area (TPSA) is 118 Å². The van der Waals surface area contributed by atoms with Gasteiger partial charge in [-0.1, -0.05) is 22.0 Å². The summed E-state index contributed by atoms with van der Waals surface area (Å²) in [5.74, 6) is 0.763. The molecule has 11 heteroatoms. The van der Waals surface area contributed by atoms with Crippen molar-refractivity contribution in [1.82, 2.24) is 19.3 Å². The number of nitrogens with zero attached hydrogens (tertiary/aromatic N) is 3. The van der Waals surface area contributed by atoms with Crippen LogP contribution in [0.15, 0.2) is 41.3 Å². The molecule has 1 fully saturated rings. The summed E-state index contributed by atoms with van der Waals surface area (Å²) in [4.78, 5) is 8.95. The maximum atomic E-state index is 11.7. The number of anilines is 1. The fourth-order valence-corrected chi connectivity index (χ4v) is 5.81. The molecule has 0 amide bonds. The minimum absolute atomic E-state index is 0.133. The molecule has 1 saturated carbocycles. The van der Waals surface area contributed by atoms with Crippen molar-refractivity contribution in [3.05, 3.63) is 52.4 Å². The summed E-state index contributed by atoms with van der Waals surface area (Å²) >= 11 is 3.54. The third-order valence-corrected chi connectivity index (χ3v) is 7.84. The van der Waals surface area contributed by atoms with E-state index in [1.807, 2.05) is 16.8 Å². The van der Waals surface area contributed by atoms with Crippen molar-refractivity contribution in [3.63, 3.8) is 0 Å². The van der Waals surface area contributed by atoms with Crippen LogP contribution in [-0.4, -0.2) is 47.3 Å². The smallest absolute Gasteiger partial charge is 0.335 e. The molecule has 4 atom stereocenters. The summed E-state index contributed by atoms with van der Waals surface area (Å²) in [7, 11) is -2.60. The monoisotopic (exact) mass is 521 g/mol. The Morgan fingerprint density at radius 2 is 2.09 bits per heavy atom. The van der Waals surface area contributed by atoms with Gasteiger partial charge < -0.3 is 15.0 Å². The average molecular weight is 522 g/mol. The van der Waals surface area contributed by atoms with E-state index in [0.29, 0.717) is 12.8 Å². The van der Waals surface area contributed by atoms with Gasteiger partial charge in [-0.2, -0.15) is 13.1 Å². The quantitative estimate of drug-likeness (QED) is 0.456. The molecular weight excluding hydrogens is 498 g/mol. The second-order valence-electron chi connectivity index (χ2n) is 8.25. The predicted molar refractivity (Wildman–Crippen MR) is 123 cm³/mol. The molecule has 5 rings (SSSR count). The molecule has 2 aliphatic carbocycles. The molecule has 9 nitrogen and oxygen atoms in total. The number of rotatable bonds is 6. The molecule has 2 aliphatic rings. The van der Waals surface area contributed by atoms with E-state index in [1.54, 1.807) is 0 Å². The highest BCUT2D eigenvalue weighted by atomic mass is 79.9. The second kappa shape index (κ2) is 8.38. The van der Waals surface area contributed by atoms with E-state index in [0.717, 1.165) is 34.2 Å². The maximum Gasteiger partial charge on any atom is 0.335 e. The lowest BCUT2D eigenvalue weighted by molar-refractivity contribution is 0.0635. The lowest BCUT2D eigenvalue weighted by Gasteiger charge is -2.17. The first-order valence-electron chi connectivity index (χ1n) is 10.5. The molecule has 0 radical (unpaired) electrons. The maximum absolute atomic E-state index is 11.7. The van der Waals surface area contributed by atoms with Crippen LogP contribution in [0.1, 0.15) is 42.5 Å². The standard InChI is InChI=1S/C21H24BrN5O4S/c1-23-32(29,30)31-19-10-14(9-18(19)28)27-7-6-16-20(24-11-25-21(16)27)26-17-5-2-12-8-13(22)3-4-15(12)17/h3-4,6-8,11,14,17-19,23,28H,2,5,9-10H2,1H3,(H,24,25,26)/t14-,17+,18+,19+/m1/s1. The average Bonchev–Trinajstić information content (AvgIpc) is 3.46. The zero-order valence-electron chi connectivity index (χ0n) is 17.4. The Hall–Kier alpha value is -2.05. The Balaban J connectivity index is 1.39. The third kappa shape index (κ3) is 4.03. The van der Waals surface area contributed by atoms with Crippen molar-refractivity contribution in [2.75, 3.05) is 12.4 Å². The molecule has 3 aromatic rings. The molecule has 170 valence electrons. The molecule has 0 aliphatic heterocycles. The van der Waals surface area contributed by atoms with Crippen molar-refractivity contribution in [1.29, 1.82) is 0 Å². The van der Waals surface area contributed by atoms with Crippen molar-refractivity contribution in [2.45, 2.75) is 50.0 Å². The van der Waals surface area contributed by atoms with Crippen molar-refractivity contribution in [3.8, 4) is 0 Å². The molecule has 0 bridgehead atoms. The summed E-state index contributed by atoms with van der Waals surface area (Å²) in [5.41, 5.74) is 3.36. The molecule has 2 aromatic heterocycles. The van der Waals surface area contributed by atoms with Crippen LogP contribution in [0.4, 0.5) is 5.82 Å². The first-order chi connectivity index (χ1) is 15.3. The minimum Gasteiger partial charge on any atom is -0.390 e. The highest BCUT2D eigenvalue weighted by Crippen LogP contribution is 2.38. The van der Waals surface area contributed by atoms with Gasteiger partial charge in [0.15, 0.2) is 0 Å². The van der Waals surface area contributed by atoms with Gasteiger partial charge in [0.25, 0.3) is 0 Å². The number of benzene rings is 1. The summed E-state index contributed by atoms with van der Waals surface area (Å²) in [5, 5.41) is 14.8. The van der Waals surface area contributed by atoms with Gasteiger partial charge in [0.05, 0.1) is 17.5 Å². The van der Waals surface area contributed by atoms with Crippen LogP contribution in [0.25, 0.3) is 11.0 Å². The molecule has 2 heterocycles. The Morgan fingerprint density at radius 1 is 1.25 bits per heavy atom. The third-order valence-electron chi connectivity index (χ3n) is 6.34. The van der Waals surface area contributed by atoms with E-state index in [2.05, 4.69) is 54.1 Å². The number of nitrogens with one attached hydrogen (secondary N) is 2. The van der Waals surface area contributed by atoms with Crippen LogP contribution >= 0.6 is 15.9 Å². The van der Waals surface area contributed by atoms with Gasteiger partial charge in [-0.15, -0.1) is 0 Å². The van der Waals surface area contributed by atoms with E-state index >= 15 is 0 Å². The number of aryl methyl sites for hydroxylation is 1. The molecule has 3 N–H and O–H groups in total. The SMILES string of the molecule is CNS(=O)(=O)O[C@H]1C[C@H](n2ccc3c(N[C@H]4CCc5cc(Br)ccc54)ncnc32)C[C@@H]1O. The molecule has 32 heavy (non-hydrogen) atoms. The Labute approximate surface area is 194 Å². The lowest BCUT2D eigenvalue weighted by atomic mass is 10.1. The van der Waals surface area contributed by atoms with E-state index in [-0.39, 0.29) is 12.1 Å². The highest BCUT2D eigenvalue weighted by Gasteiger charge is 2.38. The van der Waals surface area contributed by atoms with Crippen LogP contribution in [0.5, 0.6) is 0 Å². The van der Waals surface area contributed by atoms with Crippen molar-refractivity contribution < 1.29 is 17.7 Å². The number of hydrogen-bond acceptors (Lipinski definition) is 7. The Morgan fingerprint density at radius 3 is 2.91 bits per heavy atom. The van der Waals surface area contributed by atoms with Crippen LogP contribution in [0.2, 0.25) is 0 Å². The summed E-state index contributed by atoms with van der Waals surface area (Å²) < 4.78 is 33.8. The number of halogens is 1. The van der Waals surface area contributed by atoms with E-state index in [9.17, 15) is 13.5 Å². The van der Waals surface area contributed by atoms with E-state index in [4.69, 9.17) is 4.18 Å². The molecule has 1 aromatic carbocycles. The minimum atomic E-state index is -3.88. The first-order valence-corrected chi connectivity index (χ1v) is 12.7. The number of aliphatic hydroxyl groups is 1. The van der Waals surface area contributed by atoms with Gasteiger partial charge in [0.1, 0.15) is 23.9 Å². The van der Waals surface area contributed by atoms with Gasteiger partial charge in [0, 0.05) is 23.8 Å². The fraction of sp³-hybridized carbons (Fsp3) is 0.429. The first kappa shape index (κ1) is 21.8. The van der Waals surface area contributed by atoms with Crippen LogP contribution in [0.3, 0.4) is 0 Å². The van der Waals surface area contributed by atoms with Gasteiger partial charge in [-0.3, -0.25) is 4.18 Å². The Kier molecular flexibility index (Phi) is 5.70. The van der Waals surface area contributed by atoms with E-state index < -0.39 is 22.5 Å². The fourth-order valence-electron chi connectivity index (χ4n) is 4.78. The number of aromatic nitrogens is 3. The Bertz CT molecular complexity index is 1260. The summed E-state index contributed by atoms with van der Waals surface area (Å²) in [6, 6.07) is 8.38. The van der Waals surface area contributed by atoms with Crippen LogP contribution < -0.4 is 10.0 Å². The number of aliphatic hydroxyl groups excluding tert-OH is 1. The lowest BCUT2D eigenvalue weighted by Crippen LogP contribution is -2.31. The van der Waals surface area contributed by atoms with Crippen molar-refractivity contribution >= 4 is 43.1 Å². The predicted octanol–water partition coefficient (Wildman–Crippen LogP) is 2.84. The van der Waals surface area contributed by atoms with Crippen LogP contribution in [-0.2, 0) is 20.9 Å². The molecule has 0 saturated heterocycles. The molecule has 0 unspecified atom stereocenters. The van der Waals surface area contributed by atoms with Crippen molar-refractivity contribution in [2.24, 2.45) is 0 Å². The zero-order chi connectivity index (χ0) is 22.5. The van der Waals surface area contributed by atoms with Gasteiger partial charge in [-0.25, -0.2) is 9.97 Å². The largest absolute Gasteiger partial charge is 0.390 e. The zero-order valence-corrected chi connectivity index (χ0v) is 19.8. The van der Waals surface area contributed by atoms with Gasteiger partial charge in [-0.05, 0) is 55.0 Å². The summed E-state index contributed by atoms with van der Waals surface area (Å²) in [6.45, 7) is 0. The van der Waals surface area contributed by atoms with Crippen LogP contribution in [0, 0.1) is 0 Å². The molecular formula is C21H24BrN5O4S. The number of fused-ring (bicyclic) bond motifs is 2.